The summed E-state index contributed by atoms with van der Waals surface area (Å²) in [6.07, 6.45) is 1.73. The number of nitrogens with zero attached hydrogens (tertiary/aromatic N) is 5. The number of aromatic nitrogens is 3. The Bertz CT molecular complexity index is 912. The molecule has 29 heavy (non-hydrogen) atoms. The summed E-state index contributed by atoms with van der Waals surface area (Å²) in [6, 6.07) is 18.4. The van der Waals surface area contributed by atoms with E-state index in [1.165, 1.54) is 5.56 Å². The lowest BCUT2D eigenvalue weighted by atomic mass is 10.2. The molecule has 1 aliphatic heterocycles. The Morgan fingerprint density at radius 3 is 2.52 bits per heavy atom. The third-order valence-electron chi connectivity index (χ3n) is 4.92. The molecular formula is C22H26N6O. The van der Waals surface area contributed by atoms with Gasteiger partial charge in [-0.25, -0.2) is 0 Å². The first kappa shape index (κ1) is 19.1. The van der Waals surface area contributed by atoms with Gasteiger partial charge in [-0.2, -0.15) is 10.1 Å². The Labute approximate surface area is 171 Å². The molecular weight excluding hydrogens is 364 g/mol. The van der Waals surface area contributed by atoms with E-state index in [0.29, 0.717) is 12.6 Å². The number of anilines is 3. The van der Waals surface area contributed by atoms with Gasteiger partial charge in [-0.3, -0.25) is 4.90 Å². The van der Waals surface area contributed by atoms with Crippen LogP contribution < -0.4 is 15.0 Å². The molecule has 2 aromatic carbocycles. The Kier molecular flexibility index (Phi) is 6.16. The molecule has 7 nitrogen and oxygen atoms in total. The number of hydrogen-bond donors (Lipinski definition) is 1. The molecule has 4 rings (SSSR count). The lowest BCUT2D eigenvalue weighted by molar-refractivity contribution is 0.249. The van der Waals surface area contributed by atoms with Gasteiger partial charge in [-0.05, 0) is 24.6 Å². The zero-order valence-corrected chi connectivity index (χ0v) is 16.7. The van der Waals surface area contributed by atoms with Crippen molar-refractivity contribution in [1.29, 1.82) is 0 Å². The maximum absolute atomic E-state index is 5.66. The summed E-state index contributed by atoms with van der Waals surface area (Å²) in [4.78, 5) is 9.40. The van der Waals surface area contributed by atoms with E-state index in [-0.39, 0.29) is 0 Å². The van der Waals surface area contributed by atoms with E-state index in [4.69, 9.17) is 4.74 Å². The number of benzene rings is 2. The standard InChI is InChI=1S/C22H26N6O/c1-2-29-20-11-7-6-10-19(20)24-22-25-21(16-23-26-22)28-14-12-27(13-15-28)17-18-8-4-3-5-9-18/h3-11,16H,2,12-15,17H2,1H3,(H,24,25,26). The monoisotopic (exact) mass is 390 g/mol. The highest BCUT2D eigenvalue weighted by Crippen LogP contribution is 2.26. The Morgan fingerprint density at radius 2 is 1.72 bits per heavy atom. The van der Waals surface area contributed by atoms with Crippen molar-refractivity contribution in [3.05, 3.63) is 66.4 Å². The smallest absolute Gasteiger partial charge is 0.249 e. The van der Waals surface area contributed by atoms with Crippen LogP contribution in [0.5, 0.6) is 5.75 Å². The van der Waals surface area contributed by atoms with Crippen molar-refractivity contribution in [1.82, 2.24) is 20.1 Å². The summed E-state index contributed by atoms with van der Waals surface area (Å²) in [5.74, 6) is 2.09. The normalized spacial score (nSPS) is 14.6. The average Bonchev–Trinajstić information content (AvgIpc) is 2.77. The van der Waals surface area contributed by atoms with Crippen LogP contribution in [0.15, 0.2) is 60.8 Å². The van der Waals surface area contributed by atoms with Crippen molar-refractivity contribution >= 4 is 17.5 Å². The molecule has 0 atom stereocenters. The van der Waals surface area contributed by atoms with E-state index in [9.17, 15) is 0 Å². The second-order valence-electron chi connectivity index (χ2n) is 6.94. The van der Waals surface area contributed by atoms with Crippen molar-refractivity contribution in [2.24, 2.45) is 0 Å². The van der Waals surface area contributed by atoms with Gasteiger partial charge in [-0.1, -0.05) is 42.5 Å². The van der Waals surface area contributed by atoms with Crippen LogP contribution in [0.25, 0.3) is 0 Å². The minimum atomic E-state index is 0.473. The Morgan fingerprint density at radius 1 is 0.966 bits per heavy atom. The quantitative estimate of drug-likeness (QED) is 0.664. The Hall–Kier alpha value is -3.19. The summed E-state index contributed by atoms with van der Waals surface area (Å²) in [7, 11) is 0. The lowest BCUT2D eigenvalue weighted by Gasteiger charge is -2.35. The third kappa shape index (κ3) is 5.00. The van der Waals surface area contributed by atoms with Gasteiger partial charge in [0.15, 0.2) is 5.82 Å². The van der Waals surface area contributed by atoms with Crippen molar-refractivity contribution in [2.45, 2.75) is 13.5 Å². The number of nitrogens with one attached hydrogen (secondary N) is 1. The largest absolute Gasteiger partial charge is 0.492 e. The predicted molar refractivity (Wildman–Crippen MR) is 115 cm³/mol. The topological polar surface area (TPSA) is 66.4 Å². The van der Waals surface area contributed by atoms with Crippen LogP contribution >= 0.6 is 0 Å². The molecule has 0 aliphatic carbocycles. The second kappa shape index (κ2) is 9.34. The molecule has 2 heterocycles. The zero-order valence-electron chi connectivity index (χ0n) is 16.7. The molecule has 1 saturated heterocycles. The van der Waals surface area contributed by atoms with Crippen LogP contribution in [-0.2, 0) is 6.54 Å². The molecule has 150 valence electrons. The molecule has 0 radical (unpaired) electrons. The fraction of sp³-hybridized carbons (Fsp3) is 0.318. The number of rotatable bonds is 7. The van der Waals surface area contributed by atoms with Gasteiger partial charge in [-0.15, -0.1) is 5.10 Å². The fourth-order valence-electron chi connectivity index (χ4n) is 3.45. The molecule has 3 aromatic rings. The number of ether oxygens (including phenoxy) is 1. The van der Waals surface area contributed by atoms with E-state index in [1.807, 2.05) is 31.2 Å². The molecule has 1 N–H and O–H groups in total. The molecule has 7 heteroatoms. The minimum Gasteiger partial charge on any atom is -0.492 e. The molecule has 0 bridgehead atoms. The lowest BCUT2D eigenvalue weighted by Crippen LogP contribution is -2.46. The van der Waals surface area contributed by atoms with E-state index in [2.05, 4.69) is 60.6 Å². The summed E-state index contributed by atoms with van der Waals surface area (Å²) in [6.45, 7) is 7.38. The van der Waals surface area contributed by atoms with Gasteiger partial charge in [0.2, 0.25) is 5.95 Å². The van der Waals surface area contributed by atoms with Gasteiger partial charge in [0, 0.05) is 32.7 Å². The summed E-state index contributed by atoms with van der Waals surface area (Å²) < 4.78 is 5.66. The first-order chi connectivity index (χ1) is 14.3. The highest BCUT2D eigenvalue weighted by molar-refractivity contribution is 5.62. The number of para-hydroxylation sites is 2. The van der Waals surface area contributed by atoms with Gasteiger partial charge in [0.1, 0.15) is 5.75 Å². The molecule has 0 amide bonds. The highest BCUT2D eigenvalue weighted by atomic mass is 16.5. The van der Waals surface area contributed by atoms with E-state index >= 15 is 0 Å². The molecule has 1 fully saturated rings. The van der Waals surface area contributed by atoms with Crippen LogP contribution in [0.3, 0.4) is 0 Å². The maximum atomic E-state index is 5.66. The van der Waals surface area contributed by atoms with Gasteiger partial charge < -0.3 is 15.0 Å². The highest BCUT2D eigenvalue weighted by Gasteiger charge is 2.19. The summed E-state index contributed by atoms with van der Waals surface area (Å²) >= 11 is 0. The minimum absolute atomic E-state index is 0.473. The molecule has 1 aliphatic rings. The predicted octanol–water partition coefficient (Wildman–Crippen LogP) is 3.34. The average molecular weight is 390 g/mol. The van der Waals surface area contributed by atoms with Crippen LogP contribution in [0.1, 0.15) is 12.5 Å². The molecule has 0 spiro atoms. The summed E-state index contributed by atoms with van der Waals surface area (Å²) in [5, 5.41) is 11.5. The first-order valence-electron chi connectivity index (χ1n) is 10.0. The number of hydrogen-bond acceptors (Lipinski definition) is 7. The van der Waals surface area contributed by atoms with Crippen molar-refractivity contribution < 1.29 is 4.74 Å². The van der Waals surface area contributed by atoms with Crippen LogP contribution in [-0.4, -0.2) is 52.9 Å². The van der Waals surface area contributed by atoms with Gasteiger partial charge in [0.25, 0.3) is 0 Å². The van der Waals surface area contributed by atoms with E-state index in [0.717, 1.165) is 50.0 Å². The zero-order chi connectivity index (χ0) is 19.9. The van der Waals surface area contributed by atoms with E-state index < -0.39 is 0 Å². The fourth-order valence-corrected chi connectivity index (χ4v) is 3.45. The van der Waals surface area contributed by atoms with Gasteiger partial charge in [0.05, 0.1) is 18.5 Å². The summed E-state index contributed by atoms with van der Waals surface area (Å²) in [5.41, 5.74) is 2.19. The van der Waals surface area contributed by atoms with Gasteiger partial charge >= 0.3 is 0 Å². The Balaban J connectivity index is 1.38. The second-order valence-corrected chi connectivity index (χ2v) is 6.94. The van der Waals surface area contributed by atoms with Crippen LogP contribution in [0, 0.1) is 0 Å². The van der Waals surface area contributed by atoms with E-state index in [1.54, 1.807) is 6.20 Å². The van der Waals surface area contributed by atoms with Crippen molar-refractivity contribution in [3.8, 4) is 5.75 Å². The first-order valence-corrected chi connectivity index (χ1v) is 10.0. The van der Waals surface area contributed by atoms with Crippen LogP contribution in [0.2, 0.25) is 0 Å². The third-order valence-corrected chi connectivity index (χ3v) is 4.92. The molecule has 1 aromatic heterocycles. The van der Waals surface area contributed by atoms with Crippen LogP contribution in [0.4, 0.5) is 17.5 Å². The molecule has 0 saturated carbocycles. The number of piperazine rings is 1. The molecule has 0 unspecified atom stereocenters. The maximum Gasteiger partial charge on any atom is 0.249 e. The van der Waals surface area contributed by atoms with Crippen molar-refractivity contribution in [3.63, 3.8) is 0 Å². The van der Waals surface area contributed by atoms with Crippen molar-refractivity contribution in [2.75, 3.05) is 43.0 Å². The SMILES string of the molecule is CCOc1ccccc1Nc1nncc(N2CCN(Cc3ccccc3)CC2)n1.